The predicted molar refractivity (Wildman–Crippen MR) is 116 cm³/mol. The van der Waals surface area contributed by atoms with Gasteiger partial charge in [-0.3, -0.25) is 0 Å². The summed E-state index contributed by atoms with van der Waals surface area (Å²) in [6.07, 6.45) is 3.71. The first-order valence-electron chi connectivity index (χ1n) is 8.86. The summed E-state index contributed by atoms with van der Waals surface area (Å²) < 4.78 is 2.11. The Hall–Kier alpha value is -2.69. The number of amides is 2. The zero-order valence-corrected chi connectivity index (χ0v) is 16.8. The number of rotatable bonds is 7. The monoisotopic (exact) mass is 413 g/mol. The fourth-order valence-corrected chi connectivity index (χ4v) is 3.22. The number of carbonyl (C=O) groups excluding carboxylic acids is 1. The molecule has 0 saturated carbocycles. The fourth-order valence-electron chi connectivity index (χ4n) is 2.89. The summed E-state index contributed by atoms with van der Waals surface area (Å²) in [6, 6.07) is 18.6. The van der Waals surface area contributed by atoms with Crippen molar-refractivity contribution in [2.45, 2.75) is 13.1 Å². The van der Waals surface area contributed by atoms with Gasteiger partial charge < -0.3 is 14.8 Å². The maximum absolute atomic E-state index is 12.7. The molecule has 3 aromatic rings. The number of anilines is 1. The van der Waals surface area contributed by atoms with Gasteiger partial charge in [-0.25, -0.2) is 4.79 Å². The van der Waals surface area contributed by atoms with Crippen LogP contribution in [-0.2, 0) is 13.1 Å². The molecule has 6 heteroatoms. The standard InChI is InChI=1S/C22H21Cl2N3O/c1-2-12-27(22(28)25-20-10-8-18(23)9-11-20)16-21-7-4-13-26(21)15-17-5-3-6-19(24)14-17/h2-11,13-14H,1,12,15-16H2,(H,25,28). The molecule has 1 heterocycles. The molecule has 0 atom stereocenters. The molecular weight excluding hydrogens is 393 g/mol. The van der Waals surface area contributed by atoms with Crippen LogP contribution in [0.1, 0.15) is 11.3 Å². The van der Waals surface area contributed by atoms with Crippen molar-refractivity contribution in [2.24, 2.45) is 0 Å². The summed E-state index contributed by atoms with van der Waals surface area (Å²) in [5, 5.41) is 4.23. The second kappa shape index (κ2) is 9.49. The van der Waals surface area contributed by atoms with Crippen molar-refractivity contribution in [3.63, 3.8) is 0 Å². The largest absolute Gasteiger partial charge is 0.345 e. The molecule has 1 aromatic heterocycles. The molecule has 0 saturated heterocycles. The Balaban J connectivity index is 1.72. The fraction of sp³-hybridized carbons (Fsp3) is 0.136. The van der Waals surface area contributed by atoms with Crippen LogP contribution in [0, 0.1) is 0 Å². The van der Waals surface area contributed by atoms with Gasteiger partial charge in [-0.05, 0) is 54.1 Å². The smallest absolute Gasteiger partial charge is 0.322 e. The van der Waals surface area contributed by atoms with Crippen LogP contribution < -0.4 is 5.32 Å². The van der Waals surface area contributed by atoms with Crippen molar-refractivity contribution in [1.82, 2.24) is 9.47 Å². The molecule has 0 fully saturated rings. The van der Waals surface area contributed by atoms with Gasteiger partial charge in [0.15, 0.2) is 0 Å². The Kier molecular flexibility index (Phi) is 6.80. The summed E-state index contributed by atoms with van der Waals surface area (Å²) in [5.41, 5.74) is 2.82. The Morgan fingerprint density at radius 3 is 2.57 bits per heavy atom. The van der Waals surface area contributed by atoms with Crippen molar-refractivity contribution >= 4 is 34.9 Å². The average molecular weight is 414 g/mol. The predicted octanol–water partition coefficient (Wildman–Crippen LogP) is 6.06. The molecule has 2 aromatic carbocycles. The molecular formula is C22H21Cl2N3O. The van der Waals surface area contributed by atoms with Crippen LogP contribution >= 0.6 is 23.2 Å². The Morgan fingerprint density at radius 2 is 1.86 bits per heavy atom. The first-order valence-corrected chi connectivity index (χ1v) is 9.61. The van der Waals surface area contributed by atoms with Crippen molar-refractivity contribution in [2.75, 3.05) is 11.9 Å². The zero-order valence-electron chi connectivity index (χ0n) is 15.3. The van der Waals surface area contributed by atoms with E-state index < -0.39 is 0 Å². The molecule has 0 aliphatic carbocycles. The molecule has 144 valence electrons. The third kappa shape index (κ3) is 5.41. The molecule has 2 amide bonds. The number of nitrogens with one attached hydrogen (secondary N) is 1. The number of carbonyl (C=O) groups is 1. The molecule has 1 N–H and O–H groups in total. The molecule has 28 heavy (non-hydrogen) atoms. The summed E-state index contributed by atoms with van der Waals surface area (Å²) in [6.45, 7) is 5.34. The lowest BCUT2D eigenvalue weighted by atomic mass is 10.2. The average Bonchev–Trinajstić information content (AvgIpc) is 3.10. The number of benzene rings is 2. The highest BCUT2D eigenvalue weighted by atomic mass is 35.5. The lowest BCUT2D eigenvalue weighted by molar-refractivity contribution is 0.214. The number of urea groups is 1. The molecule has 0 aliphatic rings. The van der Waals surface area contributed by atoms with E-state index in [0.29, 0.717) is 35.4 Å². The van der Waals surface area contributed by atoms with Crippen LogP contribution in [0.3, 0.4) is 0 Å². The minimum atomic E-state index is -0.197. The van der Waals surface area contributed by atoms with Gasteiger partial charge in [-0.15, -0.1) is 6.58 Å². The van der Waals surface area contributed by atoms with Gasteiger partial charge in [0, 0.05) is 40.7 Å². The molecule has 0 bridgehead atoms. The van der Waals surface area contributed by atoms with E-state index in [-0.39, 0.29) is 6.03 Å². The van der Waals surface area contributed by atoms with Crippen molar-refractivity contribution in [3.8, 4) is 0 Å². The lowest BCUT2D eigenvalue weighted by Gasteiger charge is -2.23. The minimum Gasteiger partial charge on any atom is -0.345 e. The van der Waals surface area contributed by atoms with Gasteiger partial charge in [-0.2, -0.15) is 0 Å². The quantitative estimate of drug-likeness (QED) is 0.469. The SMILES string of the molecule is C=CCN(Cc1cccn1Cc1cccc(Cl)c1)C(=O)Nc1ccc(Cl)cc1. The molecule has 0 aliphatic heterocycles. The van der Waals surface area contributed by atoms with E-state index in [1.807, 2.05) is 42.6 Å². The highest BCUT2D eigenvalue weighted by molar-refractivity contribution is 6.30. The second-order valence-electron chi connectivity index (χ2n) is 6.36. The molecule has 0 radical (unpaired) electrons. The number of halogens is 2. The number of nitrogens with zero attached hydrogens (tertiary/aromatic N) is 2. The van der Waals surface area contributed by atoms with E-state index in [9.17, 15) is 4.79 Å². The summed E-state index contributed by atoms with van der Waals surface area (Å²) in [7, 11) is 0. The van der Waals surface area contributed by atoms with Crippen LogP contribution in [0.4, 0.5) is 10.5 Å². The van der Waals surface area contributed by atoms with Crippen molar-refractivity contribution in [3.05, 3.63) is 101 Å². The lowest BCUT2D eigenvalue weighted by Crippen LogP contribution is -2.35. The third-order valence-electron chi connectivity index (χ3n) is 4.25. The van der Waals surface area contributed by atoms with Crippen LogP contribution in [-0.4, -0.2) is 22.0 Å². The molecule has 3 rings (SSSR count). The highest BCUT2D eigenvalue weighted by Crippen LogP contribution is 2.17. The first-order chi connectivity index (χ1) is 13.5. The van der Waals surface area contributed by atoms with E-state index in [1.54, 1.807) is 35.2 Å². The van der Waals surface area contributed by atoms with Crippen LogP contribution in [0.5, 0.6) is 0 Å². The van der Waals surface area contributed by atoms with Crippen LogP contribution in [0.2, 0.25) is 10.0 Å². The number of hydrogen-bond acceptors (Lipinski definition) is 1. The van der Waals surface area contributed by atoms with E-state index >= 15 is 0 Å². The van der Waals surface area contributed by atoms with Gasteiger partial charge in [0.2, 0.25) is 0 Å². The van der Waals surface area contributed by atoms with E-state index in [2.05, 4.69) is 16.5 Å². The molecule has 0 unspecified atom stereocenters. The maximum atomic E-state index is 12.7. The maximum Gasteiger partial charge on any atom is 0.322 e. The van der Waals surface area contributed by atoms with Gasteiger partial charge in [0.25, 0.3) is 0 Å². The van der Waals surface area contributed by atoms with Gasteiger partial charge in [0.1, 0.15) is 0 Å². The first kappa shape index (κ1) is 20.1. The Bertz CT molecular complexity index is 950. The summed E-state index contributed by atoms with van der Waals surface area (Å²) >= 11 is 12.0. The topological polar surface area (TPSA) is 37.3 Å². The molecule has 4 nitrogen and oxygen atoms in total. The minimum absolute atomic E-state index is 0.197. The summed E-state index contributed by atoms with van der Waals surface area (Å²) in [5.74, 6) is 0. The summed E-state index contributed by atoms with van der Waals surface area (Å²) in [4.78, 5) is 14.4. The number of aromatic nitrogens is 1. The van der Waals surface area contributed by atoms with Gasteiger partial charge in [0.05, 0.1) is 6.54 Å². The Labute approximate surface area is 175 Å². The highest BCUT2D eigenvalue weighted by Gasteiger charge is 2.15. The second-order valence-corrected chi connectivity index (χ2v) is 7.24. The third-order valence-corrected chi connectivity index (χ3v) is 4.74. The van der Waals surface area contributed by atoms with Crippen LogP contribution in [0.25, 0.3) is 0 Å². The van der Waals surface area contributed by atoms with Gasteiger partial charge >= 0.3 is 6.03 Å². The van der Waals surface area contributed by atoms with E-state index in [1.165, 1.54) is 0 Å². The normalized spacial score (nSPS) is 10.5. The molecule has 0 spiro atoms. The zero-order chi connectivity index (χ0) is 19.9. The van der Waals surface area contributed by atoms with Crippen molar-refractivity contribution < 1.29 is 4.79 Å². The van der Waals surface area contributed by atoms with E-state index in [4.69, 9.17) is 23.2 Å². The Morgan fingerprint density at radius 1 is 1.07 bits per heavy atom. The van der Waals surface area contributed by atoms with Crippen LogP contribution in [0.15, 0.2) is 79.5 Å². The van der Waals surface area contributed by atoms with Crippen molar-refractivity contribution in [1.29, 1.82) is 0 Å². The van der Waals surface area contributed by atoms with Gasteiger partial charge in [-0.1, -0.05) is 41.4 Å². The number of hydrogen-bond donors (Lipinski definition) is 1. The van der Waals surface area contributed by atoms with E-state index in [0.717, 1.165) is 11.3 Å².